The van der Waals surface area contributed by atoms with E-state index in [2.05, 4.69) is 201 Å². The zero-order chi connectivity index (χ0) is 65.9. The minimum absolute atomic E-state index is 0. The van der Waals surface area contributed by atoms with Crippen LogP contribution in [0.3, 0.4) is 0 Å². The fraction of sp³-hybridized carbons (Fsp3) is 0.125. The summed E-state index contributed by atoms with van der Waals surface area (Å²) in [6, 6.07) is 72.9. The second-order valence-electron chi connectivity index (χ2n) is 21.7. The minimum atomic E-state index is -5.19. The van der Waals surface area contributed by atoms with Crippen LogP contribution in [0.4, 0.5) is 49.1 Å². The van der Waals surface area contributed by atoms with Gasteiger partial charge in [0.25, 0.3) is 5.97 Å². The van der Waals surface area contributed by atoms with Crippen molar-refractivity contribution in [3.63, 3.8) is 0 Å². The Hall–Kier alpha value is -10.5. The maximum Gasteiger partial charge on any atom is 0.430 e. The van der Waals surface area contributed by atoms with Gasteiger partial charge in [-0.15, -0.1) is 0 Å². The Morgan fingerprint density at radius 2 is 0.621 bits per heavy atom. The van der Waals surface area contributed by atoms with Gasteiger partial charge in [0, 0.05) is 77.7 Å². The van der Waals surface area contributed by atoms with Crippen molar-refractivity contribution in [1.29, 1.82) is 0 Å². The van der Waals surface area contributed by atoms with Gasteiger partial charge in [0.15, 0.2) is 51.0 Å². The summed E-state index contributed by atoms with van der Waals surface area (Å²) in [5.74, 6) is -6.85. The zero-order valence-electron chi connectivity index (χ0n) is 50.8. The van der Waals surface area contributed by atoms with Crippen LogP contribution in [0.5, 0.6) is 0 Å². The van der Waals surface area contributed by atoms with Crippen molar-refractivity contribution >= 4 is 84.3 Å². The number of anilines is 4. The average molecular weight is 1430 g/mol. The van der Waals surface area contributed by atoms with Gasteiger partial charge in [0.1, 0.15) is 11.9 Å². The number of hydrogen-bond donors (Lipinski definition) is 5. The summed E-state index contributed by atoms with van der Waals surface area (Å²) in [7, 11) is 0. The van der Waals surface area contributed by atoms with Crippen LogP contribution in [-0.2, 0) is 53.4 Å². The van der Waals surface area contributed by atoms with E-state index in [4.69, 9.17) is 52.6 Å². The highest BCUT2D eigenvalue weighted by atomic mass is 79.9. The Balaban J connectivity index is 0.000000234. The first kappa shape index (κ1) is 73.6. The van der Waals surface area contributed by atoms with Gasteiger partial charge >= 0.3 is 12.4 Å². The molecule has 95 heavy (non-hydrogen) atoms. The highest BCUT2D eigenvalue weighted by molar-refractivity contribution is 5.90. The first-order valence-corrected chi connectivity index (χ1v) is 28.7. The van der Waals surface area contributed by atoms with Crippen molar-refractivity contribution in [2.24, 2.45) is 0 Å². The fourth-order valence-electron chi connectivity index (χ4n) is 10.8. The highest BCUT2D eigenvalue weighted by Gasteiger charge is 2.30. The van der Waals surface area contributed by atoms with Gasteiger partial charge < -0.3 is 87.3 Å². The third-order valence-corrected chi connectivity index (χ3v) is 15.2. The number of nitrogen functional groups attached to an aromatic ring is 4. The molecule has 1 aliphatic carbocycles. The number of para-hydroxylation sites is 4. The molecule has 0 atom stereocenters. The Kier molecular flexibility index (Phi) is 25.1. The summed E-state index contributed by atoms with van der Waals surface area (Å²) in [6.45, 7) is 4.34. The molecular weight excluding hydrogens is 1360 g/mol. The number of halogens is 8. The van der Waals surface area contributed by atoms with E-state index < -0.39 is 30.3 Å². The highest BCUT2D eigenvalue weighted by Crippen LogP contribution is 2.38. The SMILES string of the molecule is CC(=O)O.Nc1cc[n+](Cc2ccc(Cc3ccc(C[n+]4ccc(N)c5ccccc54)cc3)cc2)c2ccccc12.Nc1cc[n+](Cc2ccc3c(c2)Cc2cc(C[n+]4ccc(N)c5ccccc54)ccc2-3)c2ccccc12.O.O=C([O-])C(F)(F)F.O=C([O-])C(F)(F)F.[Br-].[Br-]. The van der Waals surface area contributed by atoms with Crippen LogP contribution in [-0.4, -0.2) is 40.8 Å². The first-order chi connectivity index (χ1) is 43.9. The van der Waals surface area contributed by atoms with Crippen molar-refractivity contribution in [2.75, 3.05) is 22.9 Å². The number of nitrogens with two attached hydrogens (primary N) is 4. The van der Waals surface area contributed by atoms with E-state index in [0.29, 0.717) is 0 Å². The molecule has 4 aromatic heterocycles. The van der Waals surface area contributed by atoms with Crippen LogP contribution in [0.2, 0.25) is 0 Å². The summed E-state index contributed by atoms with van der Waals surface area (Å²) < 4.78 is 72.2. The summed E-state index contributed by atoms with van der Waals surface area (Å²) in [5.41, 5.74) is 45.9. The molecule has 0 fully saturated rings. The number of carboxylic acids is 3. The molecule has 0 unspecified atom stereocenters. The van der Waals surface area contributed by atoms with Crippen LogP contribution in [0, 0.1) is 0 Å². The molecule has 0 radical (unpaired) electrons. The molecule has 8 aromatic carbocycles. The third-order valence-electron chi connectivity index (χ3n) is 15.2. The fourth-order valence-corrected chi connectivity index (χ4v) is 10.8. The Bertz CT molecular complexity index is 4410. The summed E-state index contributed by atoms with van der Waals surface area (Å²) >= 11 is 0. The van der Waals surface area contributed by atoms with Gasteiger partial charge in [0.2, 0.25) is 22.1 Å². The van der Waals surface area contributed by atoms with E-state index in [9.17, 15) is 26.3 Å². The molecule has 1 aliphatic rings. The van der Waals surface area contributed by atoms with Crippen molar-refractivity contribution in [3.05, 3.63) is 276 Å². The Labute approximate surface area is 562 Å². The molecule has 23 heteroatoms. The number of hydrogen-bond acceptors (Lipinski definition) is 9. The number of pyridine rings is 4. The molecule has 0 saturated carbocycles. The Morgan fingerprint density at radius 3 is 0.874 bits per heavy atom. The van der Waals surface area contributed by atoms with E-state index in [1.54, 1.807) is 0 Å². The van der Waals surface area contributed by atoms with Crippen LogP contribution < -0.4 is 85.4 Å². The maximum absolute atomic E-state index is 10.5. The monoisotopic (exact) mass is 1420 g/mol. The number of nitrogens with zero attached hydrogens (tertiary/aromatic N) is 4. The average Bonchev–Trinajstić information content (AvgIpc) is 1.75. The zero-order valence-corrected chi connectivity index (χ0v) is 54.0. The van der Waals surface area contributed by atoms with E-state index in [1.165, 1.54) is 55.6 Å². The predicted molar refractivity (Wildman–Crippen MR) is 340 cm³/mol. The van der Waals surface area contributed by atoms with Crippen LogP contribution in [0.1, 0.15) is 51.4 Å². The molecule has 0 bridgehead atoms. The summed E-state index contributed by atoms with van der Waals surface area (Å²) in [6.07, 6.45) is -0.199. The number of carbonyl (C=O) groups is 3. The lowest BCUT2D eigenvalue weighted by Crippen LogP contribution is -3.00. The van der Waals surface area contributed by atoms with E-state index in [1.807, 2.05) is 48.5 Å². The smallest absolute Gasteiger partial charge is 0.430 e. The molecule has 0 saturated heterocycles. The summed E-state index contributed by atoms with van der Waals surface area (Å²) in [4.78, 5) is 26.6. The largest absolute Gasteiger partial charge is 1.00 e. The molecule has 490 valence electrons. The predicted octanol–water partition coefficient (Wildman–Crippen LogP) is 2.69. The van der Waals surface area contributed by atoms with E-state index in [0.717, 1.165) is 112 Å². The molecule has 0 spiro atoms. The van der Waals surface area contributed by atoms with Crippen molar-refractivity contribution in [1.82, 2.24) is 0 Å². The molecular formula is C72H64Br2F6N8O7. The van der Waals surface area contributed by atoms with Gasteiger partial charge in [-0.1, -0.05) is 121 Å². The molecule has 4 heterocycles. The number of carboxylic acid groups (broad SMARTS) is 3. The first-order valence-electron chi connectivity index (χ1n) is 28.7. The number of fused-ring (bicyclic) bond motifs is 7. The number of aliphatic carboxylic acids is 3. The third kappa shape index (κ3) is 18.9. The lowest BCUT2D eigenvalue weighted by Gasteiger charge is -2.07. The van der Waals surface area contributed by atoms with Crippen LogP contribution in [0.25, 0.3) is 54.7 Å². The summed E-state index contributed by atoms with van der Waals surface area (Å²) in [5, 5.41) is 29.4. The van der Waals surface area contributed by atoms with Gasteiger partial charge in [-0.05, 0) is 82.6 Å². The normalized spacial score (nSPS) is 11.0. The lowest BCUT2D eigenvalue weighted by molar-refractivity contribution is -0.662. The van der Waals surface area contributed by atoms with Crippen molar-refractivity contribution < 1.29 is 114 Å². The van der Waals surface area contributed by atoms with Crippen LogP contribution >= 0.6 is 0 Å². The van der Waals surface area contributed by atoms with Crippen LogP contribution in [0.15, 0.2) is 231 Å². The van der Waals surface area contributed by atoms with Gasteiger partial charge in [-0.25, -0.2) is 0 Å². The number of alkyl halides is 6. The maximum atomic E-state index is 10.5. The number of carbonyl (C=O) groups excluding carboxylic acids is 2. The molecule has 15 nitrogen and oxygen atoms in total. The molecule has 12 aromatic rings. The van der Waals surface area contributed by atoms with Crippen molar-refractivity contribution in [3.8, 4) is 11.1 Å². The second-order valence-corrected chi connectivity index (χ2v) is 21.7. The second kappa shape index (κ2) is 32.4. The van der Waals surface area contributed by atoms with E-state index >= 15 is 0 Å². The lowest BCUT2D eigenvalue weighted by atomic mass is 10.0. The topological polar surface area (TPSA) is 269 Å². The molecule has 13 rings (SSSR count). The Morgan fingerprint density at radius 1 is 0.400 bits per heavy atom. The quantitative estimate of drug-likeness (QED) is 0.0987. The number of aromatic nitrogens is 4. The van der Waals surface area contributed by atoms with E-state index in [-0.39, 0.29) is 39.4 Å². The number of rotatable bonds is 10. The van der Waals surface area contributed by atoms with Gasteiger partial charge in [-0.3, -0.25) is 4.79 Å². The minimum Gasteiger partial charge on any atom is -1.00 e. The molecule has 11 N–H and O–H groups in total. The standard InChI is InChI=1S/C33H26N4.C33H28N4.2C2HF3O2.C2H4O2.2BrH.H2O/c34-30-13-15-36(32-7-3-1-5-28(30)32)20-22-9-11-26-24(17-22)19-25-18-23(10-12-27(25)26)21-37-16-14-31(35)29-6-2-4-8-33(29)37;34-30-17-19-36(32-7-3-1-5-28(30)32)22-26-13-9-24(10-14-26)21-25-11-15-27(16-12-25)23-37-20-18-31(35)29-6-2-4-8-33(29)37;2*3-2(4,5)1(6)7;1-2(3)4;;;/h1-18,34-35H,19-21H2;1-20,34-35H,21-23H2;2*(H,6,7);1H3,(H,3,4);2*1H;1H2. The van der Waals surface area contributed by atoms with Crippen molar-refractivity contribution in [2.45, 2.75) is 58.3 Å². The van der Waals surface area contributed by atoms with Gasteiger partial charge in [-0.2, -0.15) is 44.6 Å². The molecule has 0 amide bonds. The van der Waals surface area contributed by atoms with Gasteiger partial charge in [0.05, 0.1) is 44.3 Å². The molecule has 0 aliphatic heterocycles. The number of benzene rings is 8.